The number of likely N-dealkylation sites (N-methyl/N-ethyl adjacent to an activating group) is 1. The topological polar surface area (TPSA) is 69.2 Å². The molecule has 0 aromatic heterocycles. The lowest BCUT2D eigenvalue weighted by Gasteiger charge is -2.40. The lowest BCUT2D eigenvalue weighted by Crippen LogP contribution is -2.55. The Morgan fingerprint density at radius 1 is 1.18 bits per heavy atom. The molecule has 2 bridgehead atoms. The number of amides is 1. The Labute approximate surface area is 171 Å². The van der Waals surface area contributed by atoms with E-state index in [1.165, 1.54) is 6.42 Å². The van der Waals surface area contributed by atoms with Crippen molar-refractivity contribution in [2.75, 3.05) is 33.2 Å². The fraction of sp³-hybridized carbons (Fsp3) is 0.905. The molecule has 2 heterocycles. The number of piperidine rings is 1. The highest BCUT2D eigenvalue weighted by atomic mass is 16.6. The van der Waals surface area contributed by atoms with Crippen molar-refractivity contribution >= 4 is 12.1 Å². The number of carbonyl (C=O) groups excluding carboxylic acids is 1. The van der Waals surface area contributed by atoms with Gasteiger partial charge in [0, 0.05) is 38.3 Å². The minimum absolute atomic E-state index is 0.156. The maximum Gasteiger partial charge on any atom is 0.410 e. The third-order valence-corrected chi connectivity index (χ3v) is 5.61. The summed E-state index contributed by atoms with van der Waals surface area (Å²) in [7, 11) is 1.82. The van der Waals surface area contributed by atoms with Crippen LogP contribution in [-0.2, 0) is 4.74 Å². The second-order valence-corrected chi connectivity index (χ2v) is 9.02. The maximum absolute atomic E-state index is 12.6. The van der Waals surface area contributed by atoms with Crippen LogP contribution in [0.1, 0.15) is 66.7 Å². The van der Waals surface area contributed by atoms with Gasteiger partial charge in [-0.15, -0.1) is 0 Å². The van der Waals surface area contributed by atoms with Crippen LogP contribution in [0.15, 0.2) is 4.99 Å². The molecule has 0 aromatic carbocycles. The van der Waals surface area contributed by atoms with E-state index in [2.05, 4.69) is 34.4 Å². The van der Waals surface area contributed by atoms with Gasteiger partial charge in [-0.1, -0.05) is 13.8 Å². The van der Waals surface area contributed by atoms with E-state index in [-0.39, 0.29) is 18.2 Å². The molecule has 0 aliphatic carbocycles. The van der Waals surface area contributed by atoms with E-state index in [4.69, 9.17) is 4.74 Å². The quantitative estimate of drug-likeness (QED) is 0.512. The van der Waals surface area contributed by atoms with Gasteiger partial charge in [-0.2, -0.15) is 0 Å². The monoisotopic (exact) mass is 395 g/mol. The molecule has 0 radical (unpaired) electrons. The van der Waals surface area contributed by atoms with E-state index in [0.717, 1.165) is 57.8 Å². The van der Waals surface area contributed by atoms with Crippen LogP contribution in [0, 0.1) is 0 Å². The van der Waals surface area contributed by atoms with E-state index in [1.54, 1.807) is 0 Å². The number of nitrogens with zero attached hydrogens (tertiary/aromatic N) is 3. The van der Waals surface area contributed by atoms with Crippen LogP contribution in [0.25, 0.3) is 0 Å². The molecule has 2 aliphatic heterocycles. The summed E-state index contributed by atoms with van der Waals surface area (Å²) in [6.07, 6.45) is 5.06. The van der Waals surface area contributed by atoms with Gasteiger partial charge in [-0.05, 0) is 66.0 Å². The summed E-state index contributed by atoms with van der Waals surface area (Å²) >= 11 is 0. The van der Waals surface area contributed by atoms with Gasteiger partial charge in [0.1, 0.15) is 5.60 Å². The van der Waals surface area contributed by atoms with Crippen LogP contribution >= 0.6 is 0 Å². The molecule has 0 saturated carbocycles. The van der Waals surface area contributed by atoms with Gasteiger partial charge >= 0.3 is 6.09 Å². The summed E-state index contributed by atoms with van der Waals surface area (Å²) in [6, 6.07) is 0.883. The summed E-state index contributed by atoms with van der Waals surface area (Å²) in [5, 5.41) is 7.03. The van der Waals surface area contributed by atoms with Crippen LogP contribution < -0.4 is 10.6 Å². The van der Waals surface area contributed by atoms with Crippen molar-refractivity contribution in [2.45, 2.75) is 90.4 Å². The molecule has 28 heavy (non-hydrogen) atoms. The predicted molar refractivity (Wildman–Crippen MR) is 115 cm³/mol. The number of ether oxygens (including phenoxy) is 1. The summed E-state index contributed by atoms with van der Waals surface area (Å²) in [4.78, 5) is 21.4. The molecule has 2 saturated heterocycles. The molecule has 0 aromatic rings. The second-order valence-electron chi connectivity index (χ2n) is 9.02. The van der Waals surface area contributed by atoms with Crippen molar-refractivity contribution in [2.24, 2.45) is 4.99 Å². The van der Waals surface area contributed by atoms with Crippen LogP contribution in [0.2, 0.25) is 0 Å². The zero-order valence-electron chi connectivity index (χ0n) is 18.8. The molecule has 7 nitrogen and oxygen atoms in total. The lowest BCUT2D eigenvalue weighted by molar-refractivity contribution is 0.00545. The van der Waals surface area contributed by atoms with E-state index in [0.29, 0.717) is 6.04 Å². The lowest BCUT2D eigenvalue weighted by atomic mass is 9.98. The largest absolute Gasteiger partial charge is 0.444 e. The Morgan fingerprint density at radius 3 is 2.32 bits per heavy atom. The van der Waals surface area contributed by atoms with Gasteiger partial charge in [-0.25, -0.2) is 4.79 Å². The summed E-state index contributed by atoms with van der Waals surface area (Å²) in [5.41, 5.74) is -0.443. The van der Waals surface area contributed by atoms with Gasteiger partial charge in [-0.3, -0.25) is 4.99 Å². The number of guanidine groups is 1. The average molecular weight is 396 g/mol. The van der Waals surface area contributed by atoms with E-state index < -0.39 is 5.60 Å². The normalized spacial score (nSPS) is 25.2. The number of hydrogen-bond donors (Lipinski definition) is 2. The van der Waals surface area contributed by atoms with Crippen molar-refractivity contribution in [1.29, 1.82) is 0 Å². The van der Waals surface area contributed by atoms with Crippen LogP contribution in [0.5, 0.6) is 0 Å². The molecule has 2 atom stereocenters. The Morgan fingerprint density at radius 2 is 1.82 bits per heavy atom. The zero-order valence-corrected chi connectivity index (χ0v) is 18.8. The number of fused-ring (bicyclic) bond motifs is 2. The van der Waals surface area contributed by atoms with E-state index >= 15 is 0 Å². The number of rotatable bonds is 7. The Kier molecular flexibility index (Phi) is 8.40. The van der Waals surface area contributed by atoms with Gasteiger partial charge in [0.25, 0.3) is 0 Å². The SMILES string of the molecule is CCCN(CC)CCNC(=NC)NC1CC2CCC(C1)N2C(=O)OC(C)(C)C. The molecule has 162 valence electrons. The van der Waals surface area contributed by atoms with E-state index in [1.807, 2.05) is 32.7 Å². The first-order valence-electron chi connectivity index (χ1n) is 11.0. The Hall–Kier alpha value is -1.50. The number of nitrogens with one attached hydrogen (secondary N) is 2. The third kappa shape index (κ3) is 6.54. The first kappa shape index (κ1) is 22.8. The molecule has 2 N–H and O–H groups in total. The standard InChI is InChI=1S/C21H41N5O2/c1-7-12-25(8-2)13-11-23-19(22-6)24-16-14-17-9-10-18(15-16)26(17)20(27)28-21(3,4)5/h16-18H,7-15H2,1-6H3,(H2,22,23,24). The molecule has 2 aliphatic rings. The molecule has 2 fully saturated rings. The molecule has 1 amide bonds. The second kappa shape index (κ2) is 10.3. The molecule has 0 spiro atoms. The zero-order chi connectivity index (χ0) is 20.7. The fourth-order valence-corrected chi connectivity index (χ4v) is 4.37. The average Bonchev–Trinajstić information content (AvgIpc) is 2.89. The minimum Gasteiger partial charge on any atom is -0.444 e. The summed E-state index contributed by atoms with van der Waals surface area (Å²) < 4.78 is 5.63. The number of aliphatic imine (C=N–C) groups is 1. The van der Waals surface area contributed by atoms with Gasteiger partial charge < -0.3 is 25.2 Å². The van der Waals surface area contributed by atoms with Crippen molar-refractivity contribution in [1.82, 2.24) is 20.4 Å². The first-order valence-corrected chi connectivity index (χ1v) is 11.0. The molecular weight excluding hydrogens is 354 g/mol. The van der Waals surface area contributed by atoms with Crippen LogP contribution in [0.4, 0.5) is 4.79 Å². The molecule has 7 heteroatoms. The molecule has 2 rings (SSSR count). The van der Waals surface area contributed by atoms with Crippen molar-refractivity contribution in [3.63, 3.8) is 0 Å². The van der Waals surface area contributed by atoms with Gasteiger partial charge in [0.15, 0.2) is 5.96 Å². The molecular formula is C21H41N5O2. The van der Waals surface area contributed by atoms with Crippen molar-refractivity contribution in [3.05, 3.63) is 0 Å². The highest BCUT2D eigenvalue weighted by molar-refractivity contribution is 5.80. The highest BCUT2D eigenvalue weighted by Gasteiger charge is 2.45. The van der Waals surface area contributed by atoms with Crippen LogP contribution in [0.3, 0.4) is 0 Å². The fourth-order valence-electron chi connectivity index (χ4n) is 4.37. The summed E-state index contributed by atoms with van der Waals surface area (Å²) in [5.74, 6) is 0.864. The smallest absolute Gasteiger partial charge is 0.410 e. The highest BCUT2D eigenvalue weighted by Crippen LogP contribution is 2.36. The Bertz CT molecular complexity index is 517. The van der Waals surface area contributed by atoms with Crippen molar-refractivity contribution in [3.8, 4) is 0 Å². The third-order valence-electron chi connectivity index (χ3n) is 5.61. The minimum atomic E-state index is -0.443. The Balaban J connectivity index is 1.82. The van der Waals surface area contributed by atoms with Crippen molar-refractivity contribution < 1.29 is 9.53 Å². The summed E-state index contributed by atoms with van der Waals surface area (Å²) in [6.45, 7) is 14.3. The maximum atomic E-state index is 12.6. The van der Waals surface area contributed by atoms with Gasteiger partial charge in [0.05, 0.1) is 0 Å². The number of hydrogen-bond acceptors (Lipinski definition) is 4. The van der Waals surface area contributed by atoms with E-state index in [9.17, 15) is 4.79 Å². The van der Waals surface area contributed by atoms with Gasteiger partial charge in [0.2, 0.25) is 0 Å². The predicted octanol–water partition coefficient (Wildman–Crippen LogP) is 2.81. The first-order chi connectivity index (χ1) is 13.3. The van der Waals surface area contributed by atoms with Crippen LogP contribution in [-0.4, -0.2) is 78.8 Å². The molecule has 2 unspecified atom stereocenters. The number of carbonyl (C=O) groups is 1.